The minimum Gasteiger partial charge on any atom is -0.479 e. The third kappa shape index (κ3) is 6.44. The van der Waals surface area contributed by atoms with Crippen molar-refractivity contribution in [1.82, 2.24) is 10.1 Å². The van der Waals surface area contributed by atoms with Crippen molar-refractivity contribution in [3.05, 3.63) is 143 Å². The summed E-state index contributed by atoms with van der Waals surface area (Å²) < 4.78 is 48.4. The van der Waals surface area contributed by atoms with Crippen LogP contribution in [0.15, 0.2) is 119 Å². The second kappa shape index (κ2) is 12.9. The van der Waals surface area contributed by atoms with Gasteiger partial charge in [-0.1, -0.05) is 114 Å². The van der Waals surface area contributed by atoms with Crippen LogP contribution in [0.25, 0.3) is 32.5 Å². The van der Waals surface area contributed by atoms with Crippen LogP contribution in [0.5, 0.6) is 0 Å². The van der Waals surface area contributed by atoms with Crippen LogP contribution in [0.3, 0.4) is 0 Å². The monoisotopic (exact) mass is 677 g/mol. The molecule has 1 aliphatic carbocycles. The zero-order valence-electron chi connectivity index (χ0n) is 26.4. The number of carbonyl (C=O) groups is 1. The lowest BCUT2D eigenvalue weighted by molar-refractivity contribution is -0.142. The Morgan fingerprint density at radius 1 is 0.898 bits per heavy atom. The van der Waals surface area contributed by atoms with Crippen LogP contribution in [0, 0.1) is 0 Å². The number of aliphatic imine (C=N–C) groups is 1. The van der Waals surface area contributed by atoms with Crippen LogP contribution in [-0.4, -0.2) is 32.5 Å². The molecule has 0 amide bonds. The van der Waals surface area contributed by atoms with Crippen molar-refractivity contribution < 1.29 is 27.6 Å². The van der Waals surface area contributed by atoms with Gasteiger partial charge in [0.2, 0.25) is 5.76 Å². The van der Waals surface area contributed by atoms with Crippen LogP contribution in [0.1, 0.15) is 46.9 Å². The second-order valence-electron chi connectivity index (χ2n) is 12.2. The lowest BCUT2D eigenvalue weighted by atomic mass is 9.88. The minimum absolute atomic E-state index is 0.131. The van der Waals surface area contributed by atoms with Crippen molar-refractivity contribution in [2.24, 2.45) is 4.99 Å². The van der Waals surface area contributed by atoms with Gasteiger partial charge in [0, 0.05) is 16.7 Å². The van der Waals surface area contributed by atoms with Crippen molar-refractivity contribution >= 4 is 23.0 Å². The summed E-state index contributed by atoms with van der Waals surface area (Å²) in [7, 11) is 0. The average Bonchev–Trinajstić information content (AvgIpc) is 3.76. The Kier molecular flexibility index (Phi) is 8.50. The molecular formula is C39H30F3N3O3S. The third-order valence-corrected chi connectivity index (χ3v) is 9.90. The lowest BCUT2D eigenvalue weighted by Crippen LogP contribution is -2.35. The smallest absolute Gasteiger partial charge is 0.422 e. The molecule has 4 aromatic carbocycles. The molecular weight excluding hydrogens is 648 g/mol. The van der Waals surface area contributed by atoms with Crippen LogP contribution in [0.2, 0.25) is 0 Å². The number of carboxylic acid groups (broad SMARTS) is 1. The number of rotatable bonds is 9. The molecule has 0 fully saturated rings. The highest BCUT2D eigenvalue weighted by Crippen LogP contribution is 2.47. The Morgan fingerprint density at radius 2 is 1.53 bits per heavy atom. The van der Waals surface area contributed by atoms with Crippen LogP contribution < -0.4 is 0 Å². The quantitative estimate of drug-likeness (QED) is 0.154. The molecule has 0 spiro atoms. The van der Waals surface area contributed by atoms with E-state index in [1.807, 2.05) is 72.8 Å². The fraction of sp³-hybridized carbons (Fsp3) is 0.179. The number of aromatic nitrogens is 2. The maximum atomic E-state index is 14.4. The molecule has 0 bridgehead atoms. The molecule has 6 nitrogen and oxygen atoms in total. The zero-order valence-corrected chi connectivity index (χ0v) is 27.2. The number of aryl methyl sites for hydroxylation is 3. The summed E-state index contributed by atoms with van der Waals surface area (Å²) in [5.41, 5.74) is 3.59. The fourth-order valence-corrected chi connectivity index (χ4v) is 7.29. The van der Waals surface area contributed by atoms with Crippen molar-refractivity contribution in [2.75, 3.05) is 0 Å². The maximum Gasteiger partial charge on any atom is 0.422 e. The minimum atomic E-state index is -4.70. The van der Waals surface area contributed by atoms with Gasteiger partial charge >= 0.3 is 12.1 Å². The molecule has 1 unspecified atom stereocenters. The van der Waals surface area contributed by atoms with E-state index in [1.165, 1.54) is 0 Å². The van der Waals surface area contributed by atoms with E-state index < -0.39 is 23.2 Å². The van der Waals surface area contributed by atoms with Crippen molar-refractivity contribution in [3.8, 4) is 32.5 Å². The van der Waals surface area contributed by atoms with E-state index in [-0.39, 0.29) is 22.9 Å². The van der Waals surface area contributed by atoms with E-state index in [2.05, 4.69) is 16.2 Å². The topological polar surface area (TPSA) is 88.6 Å². The molecule has 0 aliphatic heterocycles. The summed E-state index contributed by atoms with van der Waals surface area (Å²) in [6.45, 7) is 1.65. The average molecular weight is 678 g/mol. The van der Waals surface area contributed by atoms with Gasteiger partial charge in [0.05, 0.1) is 16.3 Å². The third-order valence-electron chi connectivity index (χ3n) is 8.77. The van der Waals surface area contributed by atoms with Crippen LogP contribution >= 0.6 is 11.3 Å². The molecule has 1 aliphatic rings. The van der Waals surface area contributed by atoms with Crippen LogP contribution in [0.4, 0.5) is 13.2 Å². The van der Waals surface area contributed by atoms with Gasteiger partial charge in [0.1, 0.15) is 11.3 Å². The normalized spacial score (nSPS) is 13.6. The molecule has 49 heavy (non-hydrogen) atoms. The molecule has 10 heteroatoms. The van der Waals surface area contributed by atoms with Gasteiger partial charge in [-0.3, -0.25) is 4.99 Å². The Hall–Kier alpha value is -5.35. The van der Waals surface area contributed by atoms with Crippen molar-refractivity contribution in [1.29, 1.82) is 0 Å². The SMILES string of the molecule is CC(CCc1ccc2c(c1)CCc1nc(-c3onc(-c4ccccc4)c3C(F)(F)F)sc1-2)(N=C(c1ccccc1)c1ccccc1)C(=O)O. The molecule has 0 saturated heterocycles. The number of alkyl halides is 3. The summed E-state index contributed by atoms with van der Waals surface area (Å²) in [4.78, 5) is 23.0. The second-order valence-corrected chi connectivity index (χ2v) is 13.2. The number of thiazole rings is 1. The highest BCUT2D eigenvalue weighted by molar-refractivity contribution is 7.18. The first-order valence-electron chi connectivity index (χ1n) is 15.8. The molecule has 1 atom stereocenters. The van der Waals surface area contributed by atoms with Crippen molar-refractivity contribution in [2.45, 2.75) is 44.3 Å². The number of halogens is 3. The van der Waals surface area contributed by atoms with E-state index in [1.54, 1.807) is 37.3 Å². The number of hydrogen-bond donors (Lipinski definition) is 1. The summed E-state index contributed by atoms with van der Waals surface area (Å²) in [6.07, 6.45) is -2.77. The Balaban J connectivity index is 1.17. The van der Waals surface area contributed by atoms with E-state index in [0.717, 1.165) is 44.0 Å². The predicted molar refractivity (Wildman–Crippen MR) is 184 cm³/mol. The first kappa shape index (κ1) is 32.2. The lowest BCUT2D eigenvalue weighted by Gasteiger charge is -2.23. The van der Waals surface area contributed by atoms with Gasteiger partial charge in [0.15, 0.2) is 10.5 Å². The number of hydrogen-bond acceptors (Lipinski definition) is 6. The summed E-state index contributed by atoms with van der Waals surface area (Å²) in [5, 5.41) is 14.3. The predicted octanol–water partition coefficient (Wildman–Crippen LogP) is 9.56. The number of benzene rings is 4. The molecule has 2 heterocycles. The van der Waals surface area contributed by atoms with E-state index in [4.69, 9.17) is 9.52 Å². The molecule has 1 N–H and O–H groups in total. The molecule has 0 saturated carbocycles. The van der Waals surface area contributed by atoms with E-state index in [0.29, 0.717) is 36.2 Å². The van der Waals surface area contributed by atoms with Gasteiger partial charge in [-0.15, -0.1) is 11.3 Å². The van der Waals surface area contributed by atoms with Gasteiger partial charge < -0.3 is 9.63 Å². The number of carboxylic acids is 1. The first-order chi connectivity index (χ1) is 23.6. The molecule has 6 aromatic rings. The summed E-state index contributed by atoms with van der Waals surface area (Å²) in [6, 6.07) is 33.2. The Bertz CT molecular complexity index is 2120. The van der Waals surface area contributed by atoms with Gasteiger partial charge in [0.25, 0.3) is 0 Å². The highest BCUT2D eigenvalue weighted by Gasteiger charge is 2.42. The zero-order chi connectivity index (χ0) is 34.2. The standard InChI is InChI=1S/C39H30F3N3O3S/c1-38(37(46)47,44-32(25-11-5-2-6-12-25)26-13-7-3-8-14-26)22-21-24-17-19-29-28(23-24)18-20-30-35(29)49-36(43-30)34-31(39(40,41)42)33(45-48-34)27-15-9-4-10-16-27/h2-17,19,23H,18,20-22H2,1H3,(H,46,47). The first-order valence-corrected chi connectivity index (χ1v) is 16.6. The van der Waals surface area contributed by atoms with E-state index in [9.17, 15) is 23.1 Å². The molecule has 0 radical (unpaired) electrons. The van der Waals surface area contributed by atoms with Crippen LogP contribution in [-0.2, 0) is 30.2 Å². The number of nitrogens with zero attached hydrogens (tertiary/aromatic N) is 3. The summed E-state index contributed by atoms with van der Waals surface area (Å²) >= 11 is 1.16. The van der Waals surface area contributed by atoms with Gasteiger partial charge in [-0.2, -0.15) is 13.2 Å². The summed E-state index contributed by atoms with van der Waals surface area (Å²) in [5.74, 6) is -1.40. The number of aliphatic carboxylic acids is 1. The largest absolute Gasteiger partial charge is 0.479 e. The van der Waals surface area contributed by atoms with Gasteiger partial charge in [-0.25, -0.2) is 9.78 Å². The van der Waals surface area contributed by atoms with Gasteiger partial charge in [-0.05, 0) is 49.3 Å². The maximum absolute atomic E-state index is 14.4. The van der Waals surface area contributed by atoms with Crippen molar-refractivity contribution in [3.63, 3.8) is 0 Å². The number of fused-ring (bicyclic) bond motifs is 3. The van der Waals surface area contributed by atoms with E-state index >= 15 is 0 Å². The molecule has 246 valence electrons. The Labute approximate surface area is 284 Å². The highest BCUT2D eigenvalue weighted by atomic mass is 32.1. The molecule has 7 rings (SSSR count). The fourth-order valence-electron chi connectivity index (χ4n) is 6.14. The Morgan fingerprint density at radius 3 is 2.14 bits per heavy atom. The molecule has 2 aromatic heterocycles.